The molecule has 0 aliphatic rings. The molecule has 1 amide bonds. The lowest BCUT2D eigenvalue weighted by Gasteiger charge is -2.22. The van der Waals surface area contributed by atoms with E-state index in [-0.39, 0.29) is 18.2 Å². The van der Waals surface area contributed by atoms with Crippen molar-refractivity contribution < 1.29 is 19.1 Å². The lowest BCUT2D eigenvalue weighted by molar-refractivity contribution is -0.146. The summed E-state index contributed by atoms with van der Waals surface area (Å²) < 4.78 is 11.9. The van der Waals surface area contributed by atoms with Gasteiger partial charge in [0.2, 0.25) is 0 Å². The zero-order valence-electron chi connectivity index (χ0n) is 15.6. The number of ether oxygens (including phenoxy) is 2. The fourth-order valence-corrected chi connectivity index (χ4v) is 2.49. The van der Waals surface area contributed by atoms with Crippen molar-refractivity contribution >= 4 is 11.9 Å². The predicted octanol–water partition coefficient (Wildman–Crippen LogP) is 2.59. The Labute approximate surface area is 153 Å². The van der Waals surface area contributed by atoms with Gasteiger partial charge in [-0.25, -0.2) is 9.48 Å². The second-order valence-electron chi connectivity index (χ2n) is 5.91. The van der Waals surface area contributed by atoms with E-state index >= 15 is 0 Å². The minimum Gasteiger partial charge on any atom is -0.493 e. The van der Waals surface area contributed by atoms with E-state index in [4.69, 9.17) is 9.47 Å². The first-order valence-corrected chi connectivity index (χ1v) is 8.68. The number of hydrogen-bond acceptors (Lipinski definition) is 5. The summed E-state index contributed by atoms with van der Waals surface area (Å²) in [5, 5.41) is 7.06. The molecule has 0 unspecified atom stereocenters. The number of carbonyl (C=O) groups is 2. The largest absolute Gasteiger partial charge is 0.493 e. The molecule has 0 fully saturated rings. The first-order chi connectivity index (χ1) is 12.5. The van der Waals surface area contributed by atoms with Crippen LogP contribution < -0.4 is 10.1 Å². The van der Waals surface area contributed by atoms with Crippen molar-refractivity contribution in [3.8, 4) is 11.4 Å². The smallest absolute Gasteiger partial charge is 0.328 e. The number of amides is 1. The van der Waals surface area contributed by atoms with E-state index in [2.05, 4.69) is 10.4 Å². The molecule has 0 saturated carbocycles. The SMILES string of the molecule is CCOC(=O)[C@H](NC(=O)c1nn(-c2ccccc2)cc1OC)[C@H](C)CC. The Morgan fingerprint density at radius 3 is 2.50 bits per heavy atom. The van der Waals surface area contributed by atoms with Crippen LogP contribution in [0.2, 0.25) is 0 Å². The highest BCUT2D eigenvalue weighted by Gasteiger charge is 2.29. The van der Waals surface area contributed by atoms with Crippen molar-refractivity contribution in [2.75, 3.05) is 13.7 Å². The fraction of sp³-hybridized carbons (Fsp3) is 0.421. The molecule has 1 aromatic heterocycles. The standard InChI is InChI=1S/C19H25N3O4/c1-5-13(3)16(19(24)26-6-2)20-18(23)17-15(25-4)12-22(21-17)14-10-8-7-9-11-14/h7-13,16H,5-6H2,1-4H3,(H,20,23)/t13-,16-/m1/s1. The van der Waals surface area contributed by atoms with Crippen LogP contribution in [0.15, 0.2) is 36.5 Å². The fourth-order valence-electron chi connectivity index (χ4n) is 2.49. The highest BCUT2D eigenvalue weighted by Crippen LogP contribution is 2.20. The number of nitrogens with zero attached hydrogens (tertiary/aromatic N) is 2. The van der Waals surface area contributed by atoms with Crippen molar-refractivity contribution in [3.05, 3.63) is 42.2 Å². The molecule has 0 saturated heterocycles. The predicted molar refractivity (Wildman–Crippen MR) is 97.5 cm³/mol. The van der Waals surface area contributed by atoms with Crippen LogP contribution in [0, 0.1) is 5.92 Å². The maximum absolute atomic E-state index is 12.7. The molecule has 1 aromatic carbocycles. The van der Waals surface area contributed by atoms with Crippen LogP contribution in [0.4, 0.5) is 0 Å². The van der Waals surface area contributed by atoms with Crippen LogP contribution >= 0.6 is 0 Å². The summed E-state index contributed by atoms with van der Waals surface area (Å²) >= 11 is 0. The monoisotopic (exact) mass is 359 g/mol. The highest BCUT2D eigenvalue weighted by atomic mass is 16.5. The normalized spacial score (nSPS) is 12.9. The summed E-state index contributed by atoms with van der Waals surface area (Å²) in [6.07, 6.45) is 2.35. The van der Waals surface area contributed by atoms with Crippen LogP contribution in [-0.2, 0) is 9.53 Å². The van der Waals surface area contributed by atoms with Gasteiger partial charge in [-0.05, 0) is 25.0 Å². The molecule has 0 aliphatic carbocycles. The Morgan fingerprint density at radius 2 is 1.92 bits per heavy atom. The topological polar surface area (TPSA) is 82.5 Å². The molecule has 2 atom stereocenters. The van der Waals surface area contributed by atoms with Crippen LogP contribution in [0.3, 0.4) is 0 Å². The molecule has 2 rings (SSSR count). The number of esters is 1. The minimum atomic E-state index is -0.737. The van der Waals surface area contributed by atoms with Gasteiger partial charge < -0.3 is 14.8 Å². The van der Waals surface area contributed by atoms with Gasteiger partial charge in [0, 0.05) is 0 Å². The van der Waals surface area contributed by atoms with E-state index in [1.54, 1.807) is 17.8 Å². The van der Waals surface area contributed by atoms with Gasteiger partial charge >= 0.3 is 5.97 Å². The summed E-state index contributed by atoms with van der Waals surface area (Å²) in [5.41, 5.74) is 0.919. The van der Waals surface area contributed by atoms with Gasteiger partial charge in [-0.2, -0.15) is 5.10 Å². The molecule has 1 heterocycles. The van der Waals surface area contributed by atoms with Crippen LogP contribution in [0.25, 0.3) is 5.69 Å². The molecule has 2 aromatic rings. The Hall–Kier alpha value is -2.83. The van der Waals surface area contributed by atoms with Gasteiger partial charge in [0.05, 0.1) is 25.6 Å². The lowest BCUT2D eigenvalue weighted by Crippen LogP contribution is -2.46. The summed E-state index contributed by atoms with van der Waals surface area (Å²) in [6.45, 7) is 5.83. The number of aromatic nitrogens is 2. The summed E-state index contributed by atoms with van der Waals surface area (Å²) in [4.78, 5) is 24.9. The number of para-hydroxylation sites is 1. The highest BCUT2D eigenvalue weighted by molar-refractivity contribution is 5.97. The summed E-state index contributed by atoms with van der Waals surface area (Å²) in [6, 6.07) is 8.66. The quantitative estimate of drug-likeness (QED) is 0.733. The Morgan fingerprint density at radius 1 is 1.23 bits per heavy atom. The molecule has 0 bridgehead atoms. The van der Waals surface area contributed by atoms with Gasteiger partial charge in [-0.3, -0.25) is 4.79 Å². The van der Waals surface area contributed by atoms with Crippen molar-refractivity contribution in [2.45, 2.75) is 33.2 Å². The molecule has 1 N–H and O–H groups in total. The summed E-state index contributed by atoms with van der Waals surface area (Å²) in [7, 11) is 1.47. The van der Waals surface area contributed by atoms with Crippen molar-refractivity contribution in [2.24, 2.45) is 5.92 Å². The zero-order chi connectivity index (χ0) is 19.1. The second kappa shape index (κ2) is 9.03. The van der Waals surface area contributed by atoms with E-state index in [1.165, 1.54) is 7.11 Å². The molecular formula is C19H25N3O4. The number of methoxy groups -OCH3 is 1. The third-order valence-corrected chi connectivity index (χ3v) is 4.18. The van der Waals surface area contributed by atoms with Gasteiger partial charge in [-0.15, -0.1) is 0 Å². The second-order valence-corrected chi connectivity index (χ2v) is 5.91. The van der Waals surface area contributed by atoms with Crippen molar-refractivity contribution in [1.29, 1.82) is 0 Å². The number of nitrogens with one attached hydrogen (secondary N) is 1. The lowest BCUT2D eigenvalue weighted by atomic mass is 9.99. The maximum Gasteiger partial charge on any atom is 0.328 e. The maximum atomic E-state index is 12.7. The number of carbonyl (C=O) groups excluding carboxylic acids is 2. The molecule has 0 spiro atoms. The number of benzene rings is 1. The Kier molecular flexibility index (Phi) is 6.77. The number of rotatable bonds is 8. The van der Waals surface area contributed by atoms with E-state index in [0.717, 1.165) is 12.1 Å². The molecule has 0 radical (unpaired) electrons. The molecule has 7 nitrogen and oxygen atoms in total. The van der Waals surface area contributed by atoms with Crippen molar-refractivity contribution in [3.63, 3.8) is 0 Å². The van der Waals surface area contributed by atoms with E-state index < -0.39 is 17.9 Å². The molecule has 0 aliphatic heterocycles. The Bertz CT molecular complexity index is 742. The Balaban J connectivity index is 2.27. The summed E-state index contributed by atoms with van der Waals surface area (Å²) in [5.74, 6) is -0.662. The van der Waals surface area contributed by atoms with E-state index in [0.29, 0.717) is 5.75 Å². The van der Waals surface area contributed by atoms with Crippen LogP contribution in [0.1, 0.15) is 37.7 Å². The molecule has 7 heteroatoms. The van der Waals surface area contributed by atoms with Crippen LogP contribution in [-0.4, -0.2) is 41.4 Å². The van der Waals surface area contributed by atoms with Crippen LogP contribution in [0.5, 0.6) is 5.75 Å². The molecule has 26 heavy (non-hydrogen) atoms. The average Bonchev–Trinajstić information content (AvgIpc) is 3.10. The molecule has 140 valence electrons. The molecular weight excluding hydrogens is 334 g/mol. The van der Waals surface area contributed by atoms with Gasteiger partial charge in [-0.1, -0.05) is 38.5 Å². The van der Waals surface area contributed by atoms with Crippen molar-refractivity contribution in [1.82, 2.24) is 15.1 Å². The van der Waals surface area contributed by atoms with E-state index in [9.17, 15) is 9.59 Å². The zero-order valence-corrected chi connectivity index (χ0v) is 15.6. The first kappa shape index (κ1) is 19.5. The van der Waals surface area contributed by atoms with Gasteiger partial charge in [0.15, 0.2) is 11.4 Å². The van der Waals surface area contributed by atoms with Gasteiger partial charge in [0.25, 0.3) is 5.91 Å². The average molecular weight is 359 g/mol. The van der Waals surface area contributed by atoms with Gasteiger partial charge in [0.1, 0.15) is 6.04 Å². The third kappa shape index (κ3) is 4.41. The minimum absolute atomic E-state index is 0.0693. The first-order valence-electron chi connectivity index (χ1n) is 8.68. The third-order valence-electron chi connectivity index (χ3n) is 4.18. The number of hydrogen-bond donors (Lipinski definition) is 1. The van der Waals surface area contributed by atoms with E-state index in [1.807, 2.05) is 44.2 Å².